The largest absolute Gasteiger partial charge is 0.505 e. The van der Waals surface area contributed by atoms with Gasteiger partial charge in [-0.15, -0.1) is 0 Å². The number of nitrogens with zero attached hydrogens (tertiary/aromatic N) is 1. The predicted molar refractivity (Wildman–Crippen MR) is 43.3 cm³/mol. The molecule has 0 spiro atoms. The van der Waals surface area contributed by atoms with E-state index in [1.54, 1.807) is 0 Å². The summed E-state index contributed by atoms with van der Waals surface area (Å²) in [6.45, 7) is -0.622. The first-order chi connectivity index (χ1) is 6.60. The fraction of sp³-hybridized carbons (Fsp3) is 0.375. The number of aliphatic hydroxyl groups is 1. The van der Waals surface area contributed by atoms with E-state index in [1.165, 1.54) is 7.11 Å². The van der Waals surface area contributed by atoms with Crippen molar-refractivity contribution in [2.75, 3.05) is 7.11 Å². The quantitative estimate of drug-likeness (QED) is 0.778. The van der Waals surface area contributed by atoms with Gasteiger partial charge in [0.2, 0.25) is 5.88 Å². The molecule has 0 fully saturated rings. The second kappa shape index (κ2) is 4.19. The number of hydrogen-bond donors (Lipinski definition) is 2. The van der Waals surface area contributed by atoms with Gasteiger partial charge in [-0.3, -0.25) is 0 Å². The van der Waals surface area contributed by atoms with Gasteiger partial charge in [-0.05, 0) is 0 Å². The lowest BCUT2D eigenvalue weighted by Crippen LogP contribution is -1.98. The molecule has 0 saturated heterocycles. The third-order valence-corrected chi connectivity index (χ3v) is 1.66. The van der Waals surface area contributed by atoms with Gasteiger partial charge in [0, 0.05) is 6.07 Å². The van der Waals surface area contributed by atoms with Crippen LogP contribution in [0.2, 0.25) is 0 Å². The van der Waals surface area contributed by atoms with Gasteiger partial charge in [-0.2, -0.15) is 0 Å². The average Bonchev–Trinajstić information content (AvgIpc) is 2.17. The Bertz CT molecular complexity index is 331. The van der Waals surface area contributed by atoms with E-state index >= 15 is 0 Å². The van der Waals surface area contributed by atoms with Gasteiger partial charge in [0.25, 0.3) is 6.43 Å². The van der Waals surface area contributed by atoms with E-state index in [4.69, 9.17) is 5.11 Å². The Morgan fingerprint density at radius 2 is 2.21 bits per heavy atom. The van der Waals surface area contributed by atoms with Crippen molar-refractivity contribution in [2.45, 2.75) is 13.0 Å². The van der Waals surface area contributed by atoms with Gasteiger partial charge < -0.3 is 14.9 Å². The molecule has 6 heteroatoms. The molecule has 0 aliphatic heterocycles. The molecule has 0 bridgehead atoms. The first-order valence-corrected chi connectivity index (χ1v) is 3.76. The summed E-state index contributed by atoms with van der Waals surface area (Å²) in [5.41, 5.74) is -0.819. The zero-order valence-electron chi connectivity index (χ0n) is 7.37. The SMILES string of the molecule is COc1cc(C(F)F)c(O)c(CO)n1. The number of ether oxygens (including phenoxy) is 1. The second-order valence-electron chi connectivity index (χ2n) is 2.51. The van der Waals surface area contributed by atoms with E-state index in [0.717, 1.165) is 6.07 Å². The van der Waals surface area contributed by atoms with Crippen molar-refractivity contribution in [1.29, 1.82) is 0 Å². The standard InChI is InChI=1S/C8H9F2NO3/c1-14-6-2-4(8(9)10)7(13)5(3-12)11-6/h2,8,12-13H,3H2,1H3. The molecule has 0 aromatic carbocycles. The maximum Gasteiger partial charge on any atom is 0.267 e. The van der Waals surface area contributed by atoms with E-state index in [-0.39, 0.29) is 11.6 Å². The molecule has 0 radical (unpaired) electrons. The first kappa shape index (κ1) is 10.6. The molecule has 14 heavy (non-hydrogen) atoms. The smallest absolute Gasteiger partial charge is 0.267 e. The van der Waals surface area contributed by atoms with Gasteiger partial charge in [-0.1, -0.05) is 0 Å². The van der Waals surface area contributed by atoms with Crippen LogP contribution >= 0.6 is 0 Å². The maximum atomic E-state index is 12.3. The summed E-state index contributed by atoms with van der Waals surface area (Å²) in [5.74, 6) is -0.759. The minimum Gasteiger partial charge on any atom is -0.505 e. The molecule has 0 aliphatic rings. The van der Waals surface area contributed by atoms with E-state index in [0.29, 0.717) is 0 Å². The number of alkyl halides is 2. The highest BCUT2D eigenvalue weighted by Crippen LogP contribution is 2.32. The Morgan fingerprint density at radius 3 is 2.64 bits per heavy atom. The highest BCUT2D eigenvalue weighted by molar-refractivity contribution is 5.40. The molecule has 0 aliphatic carbocycles. The zero-order chi connectivity index (χ0) is 10.7. The Labute approximate surface area is 78.8 Å². The van der Waals surface area contributed by atoms with E-state index in [2.05, 4.69) is 9.72 Å². The summed E-state index contributed by atoms with van der Waals surface area (Å²) in [7, 11) is 1.26. The van der Waals surface area contributed by atoms with Gasteiger partial charge in [-0.25, -0.2) is 13.8 Å². The lowest BCUT2D eigenvalue weighted by molar-refractivity contribution is 0.145. The molecule has 1 rings (SSSR count). The maximum absolute atomic E-state index is 12.3. The highest BCUT2D eigenvalue weighted by atomic mass is 19.3. The Hall–Kier alpha value is -1.43. The third kappa shape index (κ3) is 1.90. The molecule has 0 atom stereocenters. The monoisotopic (exact) mass is 205 g/mol. The summed E-state index contributed by atoms with van der Waals surface area (Å²) in [6.07, 6.45) is -2.84. The lowest BCUT2D eigenvalue weighted by atomic mass is 10.2. The third-order valence-electron chi connectivity index (χ3n) is 1.66. The predicted octanol–water partition coefficient (Wildman–Crippen LogP) is 1.23. The van der Waals surface area contributed by atoms with Crippen molar-refractivity contribution in [3.63, 3.8) is 0 Å². The van der Waals surface area contributed by atoms with Crippen molar-refractivity contribution < 1.29 is 23.7 Å². The molecule has 2 N–H and O–H groups in total. The van der Waals surface area contributed by atoms with Crippen LogP contribution in [-0.4, -0.2) is 22.3 Å². The molecule has 1 aromatic heterocycles. The Kier molecular flexibility index (Phi) is 3.19. The Balaban J connectivity index is 3.27. The number of rotatable bonds is 3. The summed E-state index contributed by atoms with van der Waals surface area (Å²) in [6, 6.07) is 0.930. The fourth-order valence-corrected chi connectivity index (χ4v) is 0.967. The van der Waals surface area contributed by atoms with Crippen molar-refractivity contribution >= 4 is 0 Å². The number of halogens is 2. The van der Waals surface area contributed by atoms with Gasteiger partial charge >= 0.3 is 0 Å². The van der Waals surface area contributed by atoms with Crippen molar-refractivity contribution in [2.24, 2.45) is 0 Å². The van der Waals surface area contributed by atoms with E-state index in [1.807, 2.05) is 0 Å². The van der Waals surface area contributed by atoms with E-state index < -0.39 is 24.3 Å². The number of aromatic hydroxyl groups is 1. The molecule has 1 heterocycles. The highest BCUT2D eigenvalue weighted by Gasteiger charge is 2.18. The molecule has 0 saturated carbocycles. The van der Waals surface area contributed by atoms with Crippen LogP contribution in [0.25, 0.3) is 0 Å². The van der Waals surface area contributed by atoms with Gasteiger partial charge in [0.05, 0.1) is 19.3 Å². The molecule has 0 amide bonds. The van der Waals surface area contributed by atoms with Crippen LogP contribution in [-0.2, 0) is 6.61 Å². The van der Waals surface area contributed by atoms with Gasteiger partial charge in [0.15, 0.2) is 0 Å². The van der Waals surface area contributed by atoms with Crippen molar-refractivity contribution in [1.82, 2.24) is 4.98 Å². The van der Waals surface area contributed by atoms with Crippen LogP contribution in [0.3, 0.4) is 0 Å². The molecular formula is C8H9F2NO3. The number of methoxy groups -OCH3 is 1. The number of hydrogen-bond acceptors (Lipinski definition) is 4. The second-order valence-corrected chi connectivity index (χ2v) is 2.51. The van der Waals surface area contributed by atoms with Crippen LogP contribution in [0.4, 0.5) is 8.78 Å². The topological polar surface area (TPSA) is 62.6 Å². The van der Waals surface area contributed by atoms with Gasteiger partial charge in [0.1, 0.15) is 11.4 Å². The summed E-state index contributed by atoms with van der Waals surface area (Å²) in [5, 5.41) is 17.9. The first-order valence-electron chi connectivity index (χ1n) is 3.76. The average molecular weight is 205 g/mol. The van der Waals surface area contributed by atoms with Crippen molar-refractivity contribution in [3.05, 3.63) is 17.3 Å². The van der Waals surface area contributed by atoms with E-state index in [9.17, 15) is 13.9 Å². The van der Waals surface area contributed by atoms with Crippen LogP contribution in [0, 0.1) is 0 Å². The van der Waals surface area contributed by atoms with Crippen LogP contribution in [0.5, 0.6) is 11.6 Å². The molecule has 78 valence electrons. The summed E-state index contributed by atoms with van der Waals surface area (Å²) in [4.78, 5) is 3.60. The molecule has 0 unspecified atom stereocenters. The van der Waals surface area contributed by atoms with Crippen LogP contribution < -0.4 is 4.74 Å². The minimum absolute atomic E-state index is 0.0675. The van der Waals surface area contributed by atoms with Crippen molar-refractivity contribution in [3.8, 4) is 11.6 Å². The zero-order valence-corrected chi connectivity index (χ0v) is 7.37. The molecular weight excluding hydrogens is 196 g/mol. The summed E-state index contributed by atoms with van der Waals surface area (Å²) >= 11 is 0. The number of aliphatic hydroxyl groups excluding tert-OH is 1. The summed E-state index contributed by atoms with van der Waals surface area (Å²) < 4.78 is 29.3. The molecule has 4 nitrogen and oxygen atoms in total. The normalized spacial score (nSPS) is 10.6. The minimum atomic E-state index is -2.84. The van der Waals surface area contributed by atoms with Crippen LogP contribution in [0.1, 0.15) is 17.7 Å². The number of aromatic nitrogens is 1. The lowest BCUT2D eigenvalue weighted by Gasteiger charge is -2.09. The van der Waals surface area contributed by atoms with Crippen LogP contribution in [0.15, 0.2) is 6.07 Å². The number of pyridine rings is 1. The fourth-order valence-electron chi connectivity index (χ4n) is 0.967. The molecule has 1 aromatic rings. The Morgan fingerprint density at radius 1 is 1.57 bits per heavy atom.